The van der Waals surface area contributed by atoms with Gasteiger partial charge in [-0.3, -0.25) is 9.48 Å². The highest BCUT2D eigenvalue weighted by Crippen LogP contribution is 2.43. The summed E-state index contributed by atoms with van der Waals surface area (Å²) in [5, 5.41) is 8.22. The molecule has 172 valence electrons. The number of rotatable bonds is 2. The summed E-state index contributed by atoms with van der Waals surface area (Å²) in [6.45, 7) is 0. The number of carbonyl (C=O) groups is 1. The predicted molar refractivity (Wildman–Crippen MR) is 129 cm³/mol. The van der Waals surface area contributed by atoms with E-state index < -0.39 is 5.82 Å². The second kappa shape index (κ2) is 7.70. The van der Waals surface area contributed by atoms with Crippen molar-refractivity contribution in [1.29, 1.82) is 0 Å². The van der Waals surface area contributed by atoms with Crippen LogP contribution in [0.2, 0.25) is 5.02 Å². The smallest absolute Gasteiger partial charge is 0.322 e. The first-order chi connectivity index (χ1) is 16.4. The number of carbonyl (C=O) groups excluding carboxylic acids is 1. The van der Waals surface area contributed by atoms with E-state index in [4.69, 9.17) is 11.6 Å². The van der Waals surface area contributed by atoms with E-state index in [9.17, 15) is 9.59 Å². The van der Waals surface area contributed by atoms with E-state index in [0.717, 1.165) is 40.4 Å². The van der Waals surface area contributed by atoms with E-state index in [1.807, 2.05) is 25.2 Å². The Morgan fingerprint density at radius 3 is 2.94 bits per heavy atom. The van der Waals surface area contributed by atoms with Gasteiger partial charge in [0.1, 0.15) is 5.82 Å². The number of benzene rings is 2. The van der Waals surface area contributed by atoms with Crippen molar-refractivity contribution in [2.24, 2.45) is 7.05 Å². The number of hydrogen-bond donors (Lipinski definition) is 2. The van der Waals surface area contributed by atoms with Gasteiger partial charge in [0.15, 0.2) is 0 Å². The van der Waals surface area contributed by atoms with Crippen molar-refractivity contribution >= 4 is 34.2 Å². The normalized spacial score (nSPS) is 18.9. The number of pyridine rings is 1. The predicted octanol–water partition coefficient (Wildman–Crippen LogP) is 5.01. The lowest BCUT2D eigenvalue weighted by molar-refractivity contribution is 0.179. The third-order valence-electron chi connectivity index (χ3n) is 6.95. The van der Waals surface area contributed by atoms with Crippen molar-refractivity contribution in [3.05, 3.63) is 81.1 Å². The van der Waals surface area contributed by atoms with Crippen LogP contribution in [0.15, 0.2) is 53.6 Å². The molecule has 2 aromatic heterocycles. The molecular weight excluding hydrogens is 457 g/mol. The first-order valence-corrected chi connectivity index (χ1v) is 11.5. The monoisotopic (exact) mass is 477 g/mol. The Kier molecular flexibility index (Phi) is 4.74. The molecule has 2 amide bonds. The molecule has 1 fully saturated rings. The second-order valence-electron chi connectivity index (χ2n) is 8.92. The molecular formula is C25H21ClFN5O2. The topological polar surface area (TPSA) is 83.0 Å². The summed E-state index contributed by atoms with van der Waals surface area (Å²) >= 11 is 6.53. The minimum atomic E-state index is -0.562. The number of aryl methyl sites for hydroxylation is 1. The fraction of sp³-hybridized carbons (Fsp3) is 0.240. The highest BCUT2D eigenvalue weighted by Gasteiger charge is 2.43. The Morgan fingerprint density at radius 2 is 2.09 bits per heavy atom. The van der Waals surface area contributed by atoms with Gasteiger partial charge in [-0.05, 0) is 60.2 Å². The van der Waals surface area contributed by atoms with Crippen molar-refractivity contribution in [2.75, 3.05) is 5.32 Å². The molecule has 6 rings (SSSR count). The molecule has 2 aliphatic rings. The Labute approximate surface area is 199 Å². The van der Waals surface area contributed by atoms with E-state index in [1.165, 1.54) is 12.1 Å². The molecule has 9 heteroatoms. The molecule has 0 aliphatic carbocycles. The maximum atomic E-state index is 15.1. The van der Waals surface area contributed by atoms with E-state index in [2.05, 4.69) is 15.4 Å². The summed E-state index contributed by atoms with van der Waals surface area (Å²) in [4.78, 5) is 29.4. The van der Waals surface area contributed by atoms with Crippen LogP contribution in [0.5, 0.6) is 0 Å². The van der Waals surface area contributed by atoms with E-state index in [1.54, 1.807) is 28.0 Å². The number of amides is 2. The van der Waals surface area contributed by atoms with Gasteiger partial charge in [-0.15, -0.1) is 0 Å². The third kappa shape index (κ3) is 3.28. The largest absolute Gasteiger partial charge is 0.329 e. The molecule has 7 nitrogen and oxygen atoms in total. The van der Waals surface area contributed by atoms with Gasteiger partial charge >= 0.3 is 6.03 Å². The minimum absolute atomic E-state index is 0.0247. The zero-order valence-electron chi connectivity index (χ0n) is 18.3. The van der Waals surface area contributed by atoms with Crippen LogP contribution in [0, 0.1) is 5.82 Å². The van der Waals surface area contributed by atoms with Gasteiger partial charge in [-0.2, -0.15) is 5.10 Å². The zero-order valence-corrected chi connectivity index (χ0v) is 19.1. The van der Waals surface area contributed by atoms with E-state index in [-0.39, 0.29) is 29.4 Å². The number of hydrogen-bond acceptors (Lipinski definition) is 3. The number of aromatic amines is 1. The molecule has 4 aromatic rings. The minimum Gasteiger partial charge on any atom is -0.329 e. The molecule has 2 atom stereocenters. The Balaban J connectivity index is 1.28. The van der Waals surface area contributed by atoms with Gasteiger partial charge in [-0.25, -0.2) is 9.18 Å². The highest BCUT2D eigenvalue weighted by atomic mass is 35.5. The van der Waals surface area contributed by atoms with Gasteiger partial charge in [-0.1, -0.05) is 17.7 Å². The maximum Gasteiger partial charge on any atom is 0.322 e. The molecule has 4 heterocycles. The molecule has 2 bridgehead atoms. The Morgan fingerprint density at radius 1 is 1.24 bits per heavy atom. The second-order valence-corrected chi connectivity index (χ2v) is 9.33. The van der Waals surface area contributed by atoms with Gasteiger partial charge in [0.25, 0.3) is 0 Å². The van der Waals surface area contributed by atoms with E-state index in [0.29, 0.717) is 17.0 Å². The summed E-state index contributed by atoms with van der Waals surface area (Å²) in [7, 11) is 1.86. The molecule has 0 unspecified atom stereocenters. The average Bonchev–Trinajstić information content (AvgIpc) is 3.34. The standard InChI is InChI=1S/C25H21ClFN5O2/c1-31-22-4-2-13(6-15(22)11-29-31)17-9-20(27)21(10-19(17)26)30-25(34)32-16-3-5-23(32)18-12-28-24(33)8-14(18)7-16/h2,4,6,8-12,16,23H,3,5,7H2,1H3,(H,28,33)(H,30,34)/t16-,23+/m0/s1. The van der Waals surface area contributed by atoms with Gasteiger partial charge < -0.3 is 15.2 Å². The van der Waals surface area contributed by atoms with Gasteiger partial charge in [0.2, 0.25) is 5.56 Å². The molecule has 34 heavy (non-hydrogen) atoms. The molecule has 0 saturated carbocycles. The molecule has 2 aromatic carbocycles. The number of nitrogens with one attached hydrogen (secondary N) is 2. The average molecular weight is 478 g/mol. The lowest BCUT2D eigenvalue weighted by atomic mass is 9.95. The summed E-state index contributed by atoms with van der Waals surface area (Å²) < 4.78 is 16.9. The molecule has 2 aliphatic heterocycles. The van der Waals surface area contributed by atoms with Crippen LogP contribution in [0.3, 0.4) is 0 Å². The number of nitrogens with zero attached hydrogens (tertiary/aromatic N) is 3. The number of urea groups is 1. The van der Waals surface area contributed by atoms with Crippen LogP contribution < -0.4 is 10.9 Å². The maximum absolute atomic E-state index is 15.1. The van der Waals surface area contributed by atoms with Crippen molar-refractivity contribution in [2.45, 2.75) is 31.3 Å². The van der Waals surface area contributed by atoms with Crippen LogP contribution in [0.1, 0.15) is 30.0 Å². The third-order valence-corrected chi connectivity index (χ3v) is 7.27. The van der Waals surface area contributed by atoms with Crippen LogP contribution >= 0.6 is 11.6 Å². The van der Waals surface area contributed by atoms with Gasteiger partial charge in [0, 0.05) is 36.3 Å². The summed E-state index contributed by atoms with van der Waals surface area (Å²) in [6.07, 6.45) is 5.69. The van der Waals surface area contributed by atoms with Crippen molar-refractivity contribution < 1.29 is 9.18 Å². The molecule has 0 spiro atoms. The van der Waals surface area contributed by atoms with Crippen LogP contribution in [0.25, 0.3) is 22.0 Å². The number of anilines is 1. The SMILES string of the molecule is Cn1ncc2cc(-c3cc(F)c(NC(=O)N4[C@H]5CC[C@@H]4c4c[nH]c(=O)cc4C5)cc3Cl)ccc21. The lowest BCUT2D eigenvalue weighted by Gasteiger charge is -2.36. The number of aromatic nitrogens is 3. The summed E-state index contributed by atoms with van der Waals surface area (Å²) in [5.41, 5.74) is 4.09. The highest BCUT2D eigenvalue weighted by molar-refractivity contribution is 6.33. The fourth-order valence-corrected chi connectivity index (χ4v) is 5.61. The first kappa shape index (κ1) is 20.9. The molecule has 0 radical (unpaired) electrons. The first-order valence-electron chi connectivity index (χ1n) is 11.1. The molecule has 2 N–H and O–H groups in total. The van der Waals surface area contributed by atoms with Gasteiger partial charge in [0.05, 0.1) is 28.5 Å². The molecule has 1 saturated heterocycles. The van der Waals surface area contributed by atoms with Crippen molar-refractivity contribution in [3.63, 3.8) is 0 Å². The van der Waals surface area contributed by atoms with Crippen LogP contribution in [0.4, 0.5) is 14.9 Å². The Hall–Kier alpha value is -3.65. The summed E-state index contributed by atoms with van der Waals surface area (Å²) in [5.74, 6) is -0.562. The number of halogens is 2. The van der Waals surface area contributed by atoms with Crippen LogP contribution in [-0.4, -0.2) is 31.7 Å². The summed E-state index contributed by atoms with van der Waals surface area (Å²) in [6, 6.07) is 9.57. The zero-order chi connectivity index (χ0) is 23.6. The number of fused-ring (bicyclic) bond motifs is 5. The fourth-order valence-electron chi connectivity index (χ4n) is 5.34. The quantitative estimate of drug-likeness (QED) is 0.425. The Bertz CT molecular complexity index is 1530. The number of H-pyrrole nitrogens is 1. The van der Waals surface area contributed by atoms with E-state index >= 15 is 4.39 Å². The lowest BCUT2D eigenvalue weighted by Crippen LogP contribution is -2.44. The van der Waals surface area contributed by atoms with Crippen LogP contribution in [-0.2, 0) is 13.5 Å². The van der Waals surface area contributed by atoms with Crippen molar-refractivity contribution in [3.8, 4) is 11.1 Å². The van der Waals surface area contributed by atoms with Crippen molar-refractivity contribution in [1.82, 2.24) is 19.7 Å².